The molecule has 1 amide bonds. The normalized spacial score (nSPS) is 16.8. The van der Waals surface area contributed by atoms with Crippen LogP contribution in [0.4, 0.5) is 0 Å². The standard InChI is InChI=1S/C16H32N2O/c1-4-7-14(8-5-2)16(19)18(13-6-3)15-9-11-17-12-10-15/h14-15,17H,4-13H2,1-3H3. The van der Waals surface area contributed by atoms with Crippen LogP contribution >= 0.6 is 0 Å². The van der Waals surface area contributed by atoms with Gasteiger partial charge >= 0.3 is 0 Å². The van der Waals surface area contributed by atoms with Crippen LogP contribution in [0.2, 0.25) is 0 Å². The molecule has 1 rings (SSSR count). The van der Waals surface area contributed by atoms with Gasteiger partial charge in [0.05, 0.1) is 0 Å². The molecule has 3 nitrogen and oxygen atoms in total. The largest absolute Gasteiger partial charge is 0.339 e. The van der Waals surface area contributed by atoms with Crippen LogP contribution < -0.4 is 5.32 Å². The lowest BCUT2D eigenvalue weighted by Crippen LogP contribution is -2.48. The minimum absolute atomic E-state index is 0.261. The molecule has 1 N–H and O–H groups in total. The Morgan fingerprint density at radius 1 is 1.11 bits per heavy atom. The third-order valence-corrected chi connectivity index (χ3v) is 4.12. The molecule has 0 aromatic carbocycles. The first kappa shape index (κ1) is 16.5. The lowest BCUT2D eigenvalue weighted by molar-refractivity contribution is -0.139. The molecule has 0 bridgehead atoms. The van der Waals surface area contributed by atoms with Crippen LogP contribution in [0.25, 0.3) is 0 Å². The maximum atomic E-state index is 12.8. The van der Waals surface area contributed by atoms with Gasteiger partial charge in [0, 0.05) is 18.5 Å². The van der Waals surface area contributed by atoms with Gasteiger partial charge in [-0.25, -0.2) is 0 Å². The minimum Gasteiger partial charge on any atom is -0.339 e. The van der Waals surface area contributed by atoms with Crippen molar-refractivity contribution in [1.29, 1.82) is 0 Å². The molecular weight excluding hydrogens is 236 g/mol. The third kappa shape index (κ3) is 5.13. The van der Waals surface area contributed by atoms with E-state index < -0.39 is 0 Å². The number of carbonyl (C=O) groups excluding carboxylic acids is 1. The molecule has 0 aliphatic carbocycles. The van der Waals surface area contributed by atoms with Gasteiger partial charge in [-0.15, -0.1) is 0 Å². The highest BCUT2D eigenvalue weighted by molar-refractivity contribution is 5.79. The van der Waals surface area contributed by atoms with Crippen molar-refractivity contribution in [3.05, 3.63) is 0 Å². The van der Waals surface area contributed by atoms with Crippen molar-refractivity contribution in [2.75, 3.05) is 19.6 Å². The molecule has 0 spiro atoms. The summed E-state index contributed by atoms with van der Waals surface area (Å²) >= 11 is 0. The first-order valence-corrected chi connectivity index (χ1v) is 8.25. The zero-order valence-corrected chi connectivity index (χ0v) is 13.1. The molecule has 112 valence electrons. The van der Waals surface area contributed by atoms with E-state index in [0.717, 1.165) is 64.6 Å². The Morgan fingerprint density at radius 3 is 2.16 bits per heavy atom. The number of carbonyl (C=O) groups is 1. The van der Waals surface area contributed by atoms with E-state index in [9.17, 15) is 4.79 Å². The Bertz CT molecular complexity index is 243. The zero-order chi connectivity index (χ0) is 14.1. The second kappa shape index (κ2) is 9.35. The summed E-state index contributed by atoms with van der Waals surface area (Å²) in [7, 11) is 0. The van der Waals surface area contributed by atoms with Gasteiger partial charge in [0.2, 0.25) is 5.91 Å². The topological polar surface area (TPSA) is 32.3 Å². The number of amides is 1. The third-order valence-electron chi connectivity index (χ3n) is 4.12. The van der Waals surface area contributed by atoms with E-state index >= 15 is 0 Å². The summed E-state index contributed by atoms with van der Waals surface area (Å²) < 4.78 is 0. The molecule has 1 aliphatic rings. The summed E-state index contributed by atoms with van der Waals surface area (Å²) in [5, 5.41) is 3.39. The second-order valence-corrected chi connectivity index (χ2v) is 5.79. The number of piperidine rings is 1. The fourth-order valence-electron chi connectivity index (χ4n) is 3.15. The predicted molar refractivity (Wildman–Crippen MR) is 81.2 cm³/mol. The molecule has 0 saturated carbocycles. The van der Waals surface area contributed by atoms with Gasteiger partial charge < -0.3 is 10.2 Å². The Labute approximate surface area is 119 Å². The Morgan fingerprint density at radius 2 is 1.68 bits per heavy atom. The van der Waals surface area contributed by atoms with E-state index in [1.165, 1.54) is 0 Å². The monoisotopic (exact) mass is 268 g/mol. The molecule has 1 fully saturated rings. The number of nitrogens with one attached hydrogen (secondary N) is 1. The lowest BCUT2D eigenvalue weighted by atomic mass is 9.94. The van der Waals surface area contributed by atoms with E-state index in [4.69, 9.17) is 0 Å². The number of hydrogen-bond acceptors (Lipinski definition) is 2. The molecule has 0 aromatic heterocycles. The van der Waals surface area contributed by atoms with Crippen molar-refractivity contribution >= 4 is 5.91 Å². The van der Waals surface area contributed by atoms with Crippen LogP contribution in [-0.4, -0.2) is 36.5 Å². The predicted octanol–water partition coefficient (Wildman–Crippen LogP) is 3.19. The summed E-state index contributed by atoms with van der Waals surface area (Å²) in [5.41, 5.74) is 0. The molecule has 1 aliphatic heterocycles. The fourth-order valence-corrected chi connectivity index (χ4v) is 3.15. The van der Waals surface area contributed by atoms with Crippen molar-refractivity contribution in [1.82, 2.24) is 10.2 Å². The highest BCUT2D eigenvalue weighted by atomic mass is 16.2. The van der Waals surface area contributed by atoms with Gasteiger partial charge in [-0.05, 0) is 45.2 Å². The quantitative estimate of drug-likeness (QED) is 0.733. The van der Waals surface area contributed by atoms with Crippen molar-refractivity contribution in [2.24, 2.45) is 5.92 Å². The number of hydrogen-bond donors (Lipinski definition) is 1. The summed E-state index contributed by atoms with van der Waals surface area (Å²) in [4.78, 5) is 15.0. The molecule has 3 heteroatoms. The van der Waals surface area contributed by atoms with Crippen LogP contribution in [0.3, 0.4) is 0 Å². The Hall–Kier alpha value is -0.570. The summed E-state index contributed by atoms with van der Waals surface area (Å²) in [5.74, 6) is 0.689. The van der Waals surface area contributed by atoms with Crippen molar-refractivity contribution in [3.8, 4) is 0 Å². The zero-order valence-electron chi connectivity index (χ0n) is 13.1. The van der Waals surface area contributed by atoms with Crippen molar-refractivity contribution in [2.45, 2.75) is 71.8 Å². The first-order chi connectivity index (χ1) is 9.24. The van der Waals surface area contributed by atoms with Gasteiger partial charge in [0.15, 0.2) is 0 Å². The molecule has 0 unspecified atom stereocenters. The maximum Gasteiger partial charge on any atom is 0.225 e. The van der Waals surface area contributed by atoms with Crippen LogP contribution in [0.5, 0.6) is 0 Å². The van der Waals surface area contributed by atoms with E-state index in [1.54, 1.807) is 0 Å². The SMILES string of the molecule is CCCC(CCC)C(=O)N(CCC)C1CCNCC1. The van der Waals surface area contributed by atoms with Gasteiger partial charge in [0.1, 0.15) is 0 Å². The van der Waals surface area contributed by atoms with Gasteiger partial charge in [-0.2, -0.15) is 0 Å². The molecule has 0 atom stereocenters. The molecular formula is C16H32N2O. The molecule has 1 saturated heterocycles. The molecule has 0 radical (unpaired) electrons. The van der Waals surface area contributed by atoms with Crippen molar-refractivity contribution < 1.29 is 4.79 Å². The number of rotatable bonds is 8. The summed E-state index contributed by atoms with van der Waals surface area (Å²) in [6.45, 7) is 9.60. The molecule has 19 heavy (non-hydrogen) atoms. The lowest BCUT2D eigenvalue weighted by Gasteiger charge is -2.37. The first-order valence-electron chi connectivity index (χ1n) is 8.25. The molecule has 0 aromatic rings. The smallest absolute Gasteiger partial charge is 0.225 e. The highest BCUT2D eigenvalue weighted by Gasteiger charge is 2.28. The van der Waals surface area contributed by atoms with Gasteiger partial charge in [-0.1, -0.05) is 33.6 Å². The Kier molecular flexibility index (Phi) is 8.11. The average Bonchev–Trinajstić information content (AvgIpc) is 2.45. The Balaban J connectivity index is 2.68. The summed E-state index contributed by atoms with van der Waals surface area (Å²) in [6.07, 6.45) is 7.65. The van der Waals surface area contributed by atoms with Crippen LogP contribution in [-0.2, 0) is 4.79 Å². The van der Waals surface area contributed by atoms with E-state index in [2.05, 4.69) is 31.0 Å². The number of nitrogens with zero attached hydrogens (tertiary/aromatic N) is 1. The second-order valence-electron chi connectivity index (χ2n) is 5.79. The minimum atomic E-state index is 0.261. The van der Waals surface area contributed by atoms with E-state index in [1.807, 2.05) is 0 Å². The maximum absolute atomic E-state index is 12.8. The molecule has 1 heterocycles. The van der Waals surface area contributed by atoms with Crippen molar-refractivity contribution in [3.63, 3.8) is 0 Å². The fraction of sp³-hybridized carbons (Fsp3) is 0.938. The van der Waals surface area contributed by atoms with E-state index in [-0.39, 0.29) is 5.92 Å². The van der Waals surface area contributed by atoms with Crippen LogP contribution in [0.1, 0.15) is 65.7 Å². The van der Waals surface area contributed by atoms with Crippen LogP contribution in [0, 0.1) is 5.92 Å². The summed E-state index contributed by atoms with van der Waals surface area (Å²) in [6, 6.07) is 0.477. The van der Waals surface area contributed by atoms with Gasteiger partial charge in [0.25, 0.3) is 0 Å². The average molecular weight is 268 g/mol. The van der Waals surface area contributed by atoms with Crippen LogP contribution in [0.15, 0.2) is 0 Å². The van der Waals surface area contributed by atoms with Gasteiger partial charge in [-0.3, -0.25) is 4.79 Å². The highest BCUT2D eigenvalue weighted by Crippen LogP contribution is 2.21. The van der Waals surface area contributed by atoms with E-state index in [0.29, 0.717) is 11.9 Å².